The number of para-hydroxylation sites is 2. The topological polar surface area (TPSA) is 35.5 Å². The second kappa shape index (κ2) is 20.9. The molecular formula is C31H35O3PZr+2. The van der Waals surface area contributed by atoms with Crippen LogP contribution >= 0.6 is 7.60 Å². The molecule has 0 atom stereocenters. The molecule has 0 heterocycles. The van der Waals surface area contributed by atoms with Gasteiger partial charge in [-0.1, -0.05) is 69.0 Å². The molecule has 0 bridgehead atoms. The van der Waals surface area contributed by atoms with Gasteiger partial charge in [-0.15, -0.1) is 0 Å². The van der Waals surface area contributed by atoms with Crippen LogP contribution in [0.5, 0.6) is 11.5 Å². The maximum absolute atomic E-state index is 13.3. The van der Waals surface area contributed by atoms with Gasteiger partial charge >= 0.3 is 26.2 Å². The zero-order valence-corrected chi connectivity index (χ0v) is 24.3. The van der Waals surface area contributed by atoms with Crippen molar-refractivity contribution in [3.8, 4) is 11.5 Å². The van der Waals surface area contributed by atoms with Crippen molar-refractivity contribution < 1.29 is 39.8 Å². The van der Waals surface area contributed by atoms with Crippen molar-refractivity contribution in [1.29, 1.82) is 0 Å². The van der Waals surface area contributed by atoms with E-state index in [1.807, 2.05) is 101 Å². The number of unbranched alkanes of at least 4 members (excludes halogenated alkanes) is 2. The number of hydrogen-bond donors (Lipinski definition) is 0. The summed E-state index contributed by atoms with van der Waals surface area (Å²) in [7, 11) is -3.61. The molecule has 2 aromatic carbocycles. The van der Waals surface area contributed by atoms with E-state index in [-0.39, 0.29) is 26.2 Å². The Balaban J connectivity index is 0.000000484. The van der Waals surface area contributed by atoms with Crippen LogP contribution in [-0.4, -0.2) is 0 Å². The second-order valence-corrected chi connectivity index (χ2v) is 9.24. The monoisotopic (exact) mass is 576 g/mol. The molecule has 2 aliphatic rings. The molecule has 10 radical (unpaired) electrons. The average Bonchev–Trinajstić information content (AvgIpc) is 3.64. The minimum atomic E-state index is -3.61. The first-order valence-corrected chi connectivity index (χ1v) is 13.5. The molecule has 0 saturated heterocycles. The fourth-order valence-corrected chi connectivity index (χ4v) is 4.50. The van der Waals surface area contributed by atoms with Gasteiger partial charge in [-0.25, -0.2) is 0 Å². The zero-order valence-electron chi connectivity index (χ0n) is 21.0. The largest absolute Gasteiger partial charge is 4.00 e. The van der Waals surface area contributed by atoms with E-state index in [1.165, 1.54) is 0 Å². The summed E-state index contributed by atoms with van der Waals surface area (Å²) < 4.78 is 24.8. The summed E-state index contributed by atoms with van der Waals surface area (Å²) in [5.74, 6) is 3.99. The third-order valence-electron chi connectivity index (χ3n) is 4.73. The van der Waals surface area contributed by atoms with E-state index in [4.69, 9.17) is 9.05 Å². The Morgan fingerprint density at radius 2 is 1.11 bits per heavy atom. The molecule has 2 aromatic rings. The van der Waals surface area contributed by atoms with E-state index in [9.17, 15) is 4.57 Å². The van der Waals surface area contributed by atoms with Gasteiger partial charge in [0, 0.05) is 0 Å². The van der Waals surface area contributed by atoms with E-state index in [2.05, 4.69) is 19.7 Å². The Hall–Kier alpha value is -1.11. The second-order valence-electron chi connectivity index (χ2n) is 7.65. The molecule has 0 aliphatic heterocycles. The molecule has 3 nitrogen and oxygen atoms in total. The molecule has 4 rings (SSSR count). The fraction of sp³-hybridized carbons (Fsp3) is 0.194. The zero-order chi connectivity index (χ0) is 25.0. The summed E-state index contributed by atoms with van der Waals surface area (Å²) in [6.45, 7) is 6.08. The van der Waals surface area contributed by atoms with Crippen LogP contribution in [0.1, 0.15) is 39.0 Å². The molecule has 2 fully saturated rings. The Bertz CT molecular complexity index is 776. The molecule has 5 heteroatoms. The molecule has 36 heavy (non-hydrogen) atoms. The minimum absolute atomic E-state index is 0. The summed E-state index contributed by atoms with van der Waals surface area (Å²) in [5.41, 5.74) is 0.878. The van der Waals surface area contributed by atoms with Gasteiger partial charge in [0.25, 0.3) is 7.60 Å². The van der Waals surface area contributed by atoms with Crippen LogP contribution < -0.4 is 9.05 Å². The van der Waals surface area contributed by atoms with E-state index < -0.39 is 7.60 Å². The first kappa shape index (κ1) is 32.9. The smallest absolute Gasteiger partial charge is 0.436 e. The van der Waals surface area contributed by atoms with Gasteiger partial charge in [-0.05, 0) is 88.5 Å². The molecular weight excluding hydrogens is 543 g/mol. The molecule has 2 aliphatic carbocycles. The predicted octanol–water partition coefficient (Wildman–Crippen LogP) is 8.87. The SMILES string of the molecule is [CH2-]CC(=[C-]P(=O)(Oc1ccccc1)Oc1ccccc1)CCCCC.[CH]1[CH][CH][CH][CH]1.[CH]1[CH][CH][CH][CH]1.[Zr+4]. The van der Waals surface area contributed by atoms with Crippen molar-refractivity contribution in [2.75, 3.05) is 0 Å². The van der Waals surface area contributed by atoms with Gasteiger partial charge in [0.15, 0.2) is 0 Å². The number of benzene rings is 2. The van der Waals surface area contributed by atoms with Gasteiger partial charge in [0.1, 0.15) is 11.5 Å². The van der Waals surface area contributed by atoms with Gasteiger partial charge < -0.3 is 21.8 Å². The number of rotatable bonds is 10. The van der Waals surface area contributed by atoms with Crippen molar-refractivity contribution in [3.63, 3.8) is 0 Å². The van der Waals surface area contributed by atoms with E-state index in [0.717, 1.165) is 31.3 Å². The van der Waals surface area contributed by atoms with Crippen molar-refractivity contribution in [2.24, 2.45) is 0 Å². The summed E-state index contributed by atoms with van der Waals surface area (Å²) in [6, 6.07) is 18.1. The predicted molar refractivity (Wildman–Crippen MR) is 146 cm³/mol. The van der Waals surface area contributed by atoms with Crippen LogP contribution in [-0.2, 0) is 30.8 Å². The standard InChI is InChI=1S/C21H25O3P.2C5H5.Zr/c1-3-5-8-13-19(4-2)18-25(22,23-20-14-9-6-10-15-20)24-21-16-11-7-12-17-21;2*1-2-4-5-3-1;/h6-7,9-12,14-17H,2-5,8,13H2,1H3;2*1-5H;/q-2;;;+4. The molecule has 184 valence electrons. The molecule has 0 N–H and O–H groups in total. The summed E-state index contributed by atoms with van der Waals surface area (Å²) >= 11 is 0. The molecule has 0 amide bonds. The first-order valence-electron chi connectivity index (χ1n) is 12.0. The third-order valence-corrected chi connectivity index (χ3v) is 6.22. The van der Waals surface area contributed by atoms with Gasteiger partial charge in [-0.3, -0.25) is 10.1 Å². The quantitative estimate of drug-likeness (QED) is 0.161. The van der Waals surface area contributed by atoms with Crippen LogP contribution in [0, 0.1) is 76.9 Å². The summed E-state index contributed by atoms with van der Waals surface area (Å²) in [5, 5.41) is 0. The summed E-state index contributed by atoms with van der Waals surface area (Å²) in [6.07, 6.45) is 24.6. The Morgan fingerprint density at radius 3 is 1.44 bits per heavy atom. The average molecular weight is 578 g/mol. The van der Waals surface area contributed by atoms with Crippen molar-refractivity contribution in [1.82, 2.24) is 0 Å². The Labute approximate surface area is 240 Å². The fourth-order valence-electron chi connectivity index (χ4n) is 2.96. The molecule has 0 spiro atoms. The van der Waals surface area contributed by atoms with Gasteiger partial charge in [0.05, 0.1) is 0 Å². The first-order chi connectivity index (χ1) is 17.1. The van der Waals surface area contributed by atoms with E-state index >= 15 is 0 Å². The van der Waals surface area contributed by atoms with E-state index in [0.29, 0.717) is 17.9 Å². The molecule has 0 aromatic heterocycles. The number of allylic oxidation sites excluding steroid dienone is 1. The molecule has 0 unspecified atom stereocenters. The molecule has 2 saturated carbocycles. The van der Waals surface area contributed by atoms with Crippen LogP contribution in [0.3, 0.4) is 0 Å². The minimum Gasteiger partial charge on any atom is -0.436 e. The maximum Gasteiger partial charge on any atom is 4.00 e. The normalized spacial score (nSPS) is 15.0. The Morgan fingerprint density at radius 1 is 0.722 bits per heavy atom. The van der Waals surface area contributed by atoms with Crippen LogP contribution in [0.25, 0.3) is 0 Å². The Kier molecular flexibility index (Phi) is 19.1. The van der Waals surface area contributed by atoms with Crippen molar-refractivity contribution >= 4 is 7.60 Å². The summed E-state index contributed by atoms with van der Waals surface area (Å²) in [4.78, 5) is 0. The van der Waals surface area contributed by atoms with E-state index in [1.54, 1.807) is 24.3 Å². The van der Waals surface area contributed by atoms with Crippen LogP contribution in [0.15, 0.2) is 66.2 Å². The maximum atomic E-state index is 13.3. The van der Waals surface area contributed by atoms with Crippen molar-refractivity contribution in [3.05, 3.63) is 143 Å². The van der Waals surface area contributed by atoms with Gasteiger partial charge in [-0.2, -0.15) is 6.42 Å². The van der Waals surface area contributed by atoms with Crippen molar-refractivity contribution in [2.45, 2.75) is 39.0 Å². The third kappa shape index (κ3) is 15.2. The van der Waals surface area contributed by atoms with Crippen LogP contribution in [0.4, 0.5) is 0 Å². The number of hydrogen-bond acceptors (Lipinski definition) is 3. The van der Waals surface area contributed by atoms with Crippen LogP contribution in [0.2, 0.25) is 0 Å². The van der Waals surface area contributed by atoms with Gasteiger partial charge in [0.2, 0.25) is 0 Å².